The van der Waals surface area contributed by atoms with E-state index in [1.807, 2.05) is 17.5 Å². The van der Waals surface area contributed by atoms with Crippen LogP contribution in [-0.4, -0.2) is 72.5 Å². The predicted octanol–water partition coefficient (Wildman–Crippen LogP) is 4.54. The van der Waals surface area contributed by atoms with Crippen LogP contribution in [0.3, 0.4) is 0 Å². The number of thiophene rings is 1. The van der Waals surface area contributed by atoms with Crippen LogP contribution in [0.1, 0.15) is 20.8 Å². The van der Waals surface area contributed by atoms with Crippen molar-refractivity contribution in [3.05, 3.63) is 92.9 Å². The zero-order valence-electron chi connectivity index (χ0n) is 19.9. The Bertz CT molecular complexity index is 1120. The van der Waals surface area contributed by atoms with Crippen LogP contribution >= 0.6 is 22.9 Å². The van der Waals surface area contributed by atoms with Gasteiger partial charge in [-0.2, -0.15) is 0 Å². The van der Waals surface area contributed by atoms with E-state index in [2.05, 4.69) is 4.90 Å². The van der Waals surface area contributed by atoms with E-state index in [0.29, 0.717) is 50.0 Å². The van der Waals surface area contributed by atoms with E-state index in [4.69, 9.17) is 16.3 Å². The molecule has 190 valence electrons. The number of benzene rings is 2. The Balaban J connectivity index is 1.51. The van der Waals surface area contributed by atoms with Crippen molar-refractivity contribution in [3.63, 3.8) is 0 Å². The van der Waals surface area contributed by atoms with Gasteiger partial charge in [-0.15, -0.1) is 11.3 Å². The first kappa shape index (κ1) is 26.3. The molecule has 2 amide bonds. The average molecular weight is 530 g/mol. The number of ether oxygens (including phenoxy) is 1. The van der Waals surface area contributed by atoms with Crippen molar-refractivity contribution in [1.82, 2.24) is 14.7 Å². The van der Waals surface area contributed by atoms with Gasteiger partial charge in [0.25, 0.3) is 5.91 Å². The third-order valence-electron chi connectivity index (χ3n) is 6.06. The molecule has 0 N–H and O–H groups in total. The highest BCUT2D eigenvalue weighted by molar-refractivity contribution is 7.09. The predicted molar refractivity (Wildman–Crippen MR) is 140 cm³/mol. The third-order valence-corrected chi connectivity index (χ3v) is 7.17. The van der Waals surface area contributed by atoms with Crippen molar-refractivity contribution in [3.8, 4) is 0 Å². The minimum atomic E-state index is -0.322. The van der Waals surface area contributed by atoms with E-state index >= 15 is 0 Å². The Kier molecular flexibility index (Phi) is 9.47. The molecule has 1 aromatic heterocycles. The lowest BCUT2D eigenvalue weighted by atomic mass is 10.2. The van der Waals surface area contributed by atoms with Gasteiger partial charge in [-0.1, -0.05) is 29.8 Å². The number of carbonyl (C=O) groups excluding carboxylic acids is 2. The first-order chi connectivity index (χ1) is 17.5. The molecule has 9 heteroatoms. The molecule has 36 heavy (non-hydrogen) atoms. The second kappa shape index (κ2) is 13.0. The Morgan fingerprint density at radius 3 is 2.36 bits per heavy atom. The quantitative estimate of drug-likeness (QED) is 0.387. The monoisotopic (exact) mass is 529 g/mol. The average Bonchev–Trinajstić information content (AvgIpc) is 3.41. The number of hydrogen-bond donors (Lipinski definition) is 0. The van der Waals surface area contributed by atoms with Crippen molar-refractivity contribution < 1.29 is 18.7 Å². The van der Waals surface area contributed by atoms with Crippen LogP contribution < -0.4 is 0 Å². The fourth-order valence-electron chi connectivity index (χ4n) is 4.01. The largest absolute Gasteiger partial charge is 0.379 e. The van der Waals surface area contributed by atoms with Crippen LogP contribution in [0.5, 0.6) is 0 Å². The Hall–Kier alpha value is -2.78. The van der Waals surface area contributed by atoms with Crippen LogP contribution in [-0.2, 0) is 22.6 Å². The Morgan fingerprint density at radius 1 is 0.972 bits per heavy atom. The van der Waals surface area contributed by atoms with Gasteiger partial charge in [0.15, 0.2) is 0 Å². The second-order valence-electron chi connectivity index (χ2n) is 8.64. The maximum absolute atomic E-state index is 13.6. The van der Waals surface area contributed by atoms with Crippen molar-refractivity contribution >= 4 is 34.8 Å². The highest BCUT2D eigenvalue weighted by Crippen LogP contribution is 2.17. The highest BCUT2D eigenvalue weighted by atomic mass is 35.5. The molecule has 0 bridgehead atoms. The zero-order valence-corrected chi connectivity index (χ0v) is 21.5. The molecule has 0 atom stereocenters. The standard InChI is InChI=1S/C27H29ClFN3O3S/c28-23-7-5-22(6-8-23)27(34)31(12-11-30-13-15-35-16-14-30)20-26(33)32(19-25-2-1-17-36-25)18-21-3-9-24(29)10-4-21/h1-10,17H,11-16,18-20H2. The molecule has 0 radical (unpaired) electrons. The fourth-order valence-corrected chi connectivity index (χ4v) is 4.86. The van der Waals surface area contributed by atoms with E-state index in [1.165, 1.54) is 12.1 Å². The van der Waals surface area contributed by atoms with Crippen LogP contribution in [0.2, 0.25) is 5.02 Å². The van der Waals surface area contributed by atoms with Crippen LogP contribution in [0.15, 0.2) is 66.0 Å². The van der Waals surface area contributed by atoms with Crippen molar-refractivity contribution in [1.29, 1.82) is 0 Å². The number of morpholine rings is 1. The molecule has 0 saturated carbocycles. The van der Waals surface area contributed by atoms with Gasteiger partial charge in [0.05, 0.1) is 19.8 Å². The van der Waals surface area contributed by atoms with Crippen LogP contribution in [0, 0.1) is 5.82 Å². The number of nitrogens with zero attached hydrogens (tertiary/aromatic N) is 3. The van der Waals surface area contributed by atoms with Crippen molar-refractivity contribution in [2.24, 2.45) is 0 Å². The van der Waals surface area contributed by atoms with Crippen LogP contribution in [0.25, 0.3) is 0 Å². The third kappa shape index (κ3) is 7.61. The summed E-state index contributed by atoms with van der Waals surface area (Å²) in [6.45, 7) is 4.67. The van der Waals surface area contributed by atoms with E-state index in [9.17, 15) is 14.0 Å². The zero-order chi connectivity index (χ0) is 25.3. The maximum Gasteiger partial charge on any atom is 0.254 e. The number of carbonyl (C=O) groups is 2. The van der Waals surface area contributed by atoms with E-state index in [0.717, 1.165) is 23.5 Å². The van der Waals surface area contributed by atoms with Crippen LogP contribution in [0.4, 0.5) is 4.39 Å². The molecular weight excluding hydrogens is 501 g/mol. The molecule has 0 aliphatic carbocycles. The number of amides is 2. The van der Waals surface area contributed by atoms with Gasteiger partial charge >= 0.3 is 0 Å². The molecule has 0 unspecified atom stereocenters. The van der Waals surface area contributed by atoms with E-state index < -0.39 is 0 Å². The normalized spacial score (nSPS) is 13.9. The Labute approximate surface area is 219 Å². The van der Waals surface area contributed by atoms with E-state index in [-0.39, 0.29) is 24.2 Å². The summed E-state index contributed by atoms with van der Waals surface area (Å²) in [6.07, 6.45) is 0. The van der Waals surface area contributed by atoms with Gasteiger partial charge in [0, 0.05) is 48.2 Å². The van der Waals surface area contributed by atoms with Gasteiger partial charge in [-0.25, -0.2) is 4.39 Å². The van der Waals surface area contributed by atoms with E-state index in [1.54, 1.807) is 57.5 Å². The Morgan fingerprint density at radius 2 is 1.69 bits per heavy atom. The molecule has 3 aromatic rings. The van der Waals surface area contributed by atoms with Crippen molar-refractivity contribution in [2.75, 3.05) is 45.9 Å². The lowest BCUT2D eigenvalue weighted by Gasteiger charge is -2.31. The molecule has 2 aromatic carbocycles. The molecular formula is C27H29ClFN3O3S. The van der Waals surface area contributed by atoms with Crippen molar-refractivity contribution in [2.45, 2.75) is 13.1 Å². The summed E-state index contributed by atoms with van der Waals surface area (Å²) in [7, 11) is 0. The molecule has 1 fully saturated rings. The lowest BCUT2D eigenvalue weighted by molar-refractivity contribution is -0.133. The first-order valence-corrected chi connectivity index (χ1v) is 13.1. The number of halogens is 2. The summed E-state index contributed by atoms with van der Waals surface area (Å²) in [5.41, 5.74) is 1.31. The van der Waals surface area contributed by atoms with Gasteiger partial charge < -0.3 is 14.5 Å². The summed E-state index contributed by atoms with van der Waals surface area (Å²) < 4.78 is 18.9. The smallest absolute Gasteiger partial charge is 0.254 e. The molecule has 4 rings (SSSR count). The van der Waals surface area contributed by atoms with Gasteiger partial charge in [-0.05, 0) is 53.4 Å². The summed E-state index contributed by atoms with van der Waals surface area (Å²) in [5.74, 6) is -0.708. The summed E-state index contributed by atoms with van der Waals surface area (Å²) in [4.78, 5) is 33.6. The molecule has 2 heterocycles. The van der Waals surface area contributed by atoms with Gasteiger partial charge in [0.1, 0.15) is 12.4 Å². The topological polar surface area (TPSA) is 53.1 Å². The summed E-state index contributed by atoms with van der Waals surface area (Å²) >= 11 is 7.58. The molecule has 1 saturated heterocycles. The minimum Gasteiger partial charge on any atom is -0.379 e. The second-order valence-corrected chi connectivity index (χ2v) is 10.1. The molecule has 0 spiro atoms. The molecule has 6 nitrogen and oxygen atoms in total. The van der Waals surface area contributed by atoms with Gasteiger partial charge in [-0.3, -0.25) is 14.5 Å². The molecule has 1 aliphatic heterocycles. The number of hydrogen-bond acceptors (Lipinski definition) is 5. The highest BCUT2D eigenvalue weighted by Gasteiger charge is 2.24. The fraction of sp³-hybridized carbons (Fsp3) is 0.333. The SMILES string of the molecule is O=C(CN(CCN1CCOCC1)C(=O)c1ccc(Cl)cc1)N(Cc1ccc(F)cc1)Cc1cccs1. The van der Waals surface area contributed by atoms with Gasteiger partial charge in [0.2, 0.25) is 5.91 Å². The minimum absolute atomic E-state index is 0.0572. The summed E-state index contributed by atoms with van der Waals surface area (Å²) in [6, 6.07) is 16.8. The molecule has 1 aliphatic rings. The number of rotatable bonds is 10. The lowest BCUT2D eigenvalue weighted by Crippen LogP contribution is -2.47. The summed E-state index contributed by atoms with van der Waals surface area (Å²) in [5, 5.41) is 2.51. The first-order valence-electron chi connectivity index (χ1n) is 11.9. The maximum atomic E-state index is 13.6.